The number of aryl methyl sites for hydroxylation is 2. The molecular weight excluding hydrogens is 246 g/mol. The van der Waals surface area contributed by atoms with Crippen LogP contribution in [0.1, 0.15) is 5.56 Å². The van der Waals surface area contributed by atoms with E-state index in [1.54, 1.807) is 7.05 Å². The average molecular weight is 261 g/mol. The second-order valence-electron chi connectivity index (χ2n) is 4.85. The van der Waals surface area contributed by atoms with Crippen molar-refractivity contribution in [3.63, 3.8) is 0 Å². The van der Waals surface area contributed by atoms with Crippen molar-refractivity contribution < 1.29 is 5.11 Å². The van der Waals surface area contributed by atoms with Gasteiger partial charge in [-0.15, -0.1) is 0 Å². The SMILES string of the molecule is Cc1ccc(N2CC(O)C2)c(-n2nnn(C)c2=O)c1. The molecule has 1 N–H and O–H groups in total. The van der Waals surface area contributed by atoms with Gasteiger partial charge >= 0.3 is 5.69 Å². The third kappa shape index (κ3) is 1.91. The molecule has 0 bridgehead atoms. The van der Waals surface area contributed by atoms with Gasteiger partial charge < -0.3 is 10.0 Å². The molecule has 0 atom stereocenters. The standard InChI is InChI=1S/C12H15N5O2/c1-8-3-4-10(16-6-9(18)7-16)11(5-8)17-12(19)15(2)13-14-17/h3-5,9,18H,6-7H2,1-2H3. The first-order chi connectivity index (χ1) is 9.06. The summed E-state index contributed by atoms with van der Waals surface area (Å²) in [7, 11) is 1.56. The van der Waals surface area contributed by atoms with Gasteiger partial charge in [0, 0.05) is 20.1 Å². The smallest absolute Gasteiger partial charge is 0.368 e. The van der Waals surface area contributed by atoms with Crippen LogP contribution in [0.5, 0.6) is 0 Å². The summed E-state index contributed by atoms with van der Waals surface area (Å²) in [6.07, 6.45) is -0.298. The Labute approximate surface area is 109 Å². The molecular formula is C12H15N5O2. The van der Waals surface area contributed by atoms with E-state index in [4.69, 9.17) is 0 Å². The summed E-state index contributed by atoms with van der Waals surface area (Å²) in [5.74, 6) is 0. The van der Waals surface area contributed by atoms with Crippen molar-refractivity contribution in [2.45, 2.75) is 13.0 Å². The van der Waals surface area contributed by atoms with Crippen molar-refractivity contribution in [3.05, 3.63) is 34.2 Å². The minimum Gasteiger partial charge on any atom is -0.389 e. The van der Waals surface area contributed by atoms with Crippen LogP contribution in [0.4, 0.5) is 5.69 Å². The van der Waals surface area contributed by atoms with E-state index in [1.807, 2.05) is 30.0 Å². The first-order valence-corrected chi connectivity index (χ1v) is 6.09. The van der Waals surface area contributed by atoms with Crippen LogP contribution in [0.3, 0.4) is 0 Å². The lowest BCUT2D eigenvalue weighted by Crippen LogP contribution is -2.51. The lowest BCUT2D eigenvalue weighted by Gasteiger charge is -2.38. The van der Waals surface area contributed by atoms with E-state index < -0.39 is 0 Å². The lowest BCUT2D eigenvalue weighted by atomic mass is 10.1. The van der Waals surface area contributed by atoms with E-state index >= 15 is 0 Å². The largest absolute Gasteiger partial charge is 0.389 e. The zero-order valence-electron chi connectivity index (χ0n) is 10.8. The molecule has 2 aromatic rings. The normalized spacial score (nSPS) is 15.6. The zero-order chi connectivity index (χ0) is 13.6. The summed E-state index contributed by atoms with van der Waals surface area (Å²) in [6.45, 7) is 3.11. The molecule has 0 radical (unpaired) electrons. The highest BCUT2D eigenvalue weighted by atomic mass is 16.3. The fourth-order valence-electron chi connectivity index (χ4n) is 2.19. The quantitative estimate of drug-likeness (QED) is 0.785. The molecule has 1 fully saturated rings. The van der Waals surface area contributed by atoms with Crippen LogP contribution in [0, 0.1) is 6.92 Å². The molecule has 1 aromatic heterocycles. The molecule has 7 nitrogen and oxygen atoms in total. The molecule has 1 aliphatic heterocycles. The molecule has 0 amide bonds. The molecule has 100 valence electrons. The Balaban J connectivity index is 2.11. The summed E-state index contributed by atoms with van der Waals surface area (Å²) in [4.78, 5) is 14.0. The number of anilines is 1. The number of aliphatic hydroxyl groups excluding tert-OH is 1. The predicted molar refractivity (Wildman–Crippen MR) is 69.6 cm³/mol. The Morgan fingerprint density at radius 2 is 2.00 bits per heavy atom. The first kappa shape index (κ1) is 11.9. The van der Waals surface area contributed by atoms with E-state index in [9.17, 15) is 9.90 Å². The van der Waals surface area contributed by atoms with Gasteiger partial charge in [0.05, 0.1) is 17.5 Å². The number of tetrazole rings is 1. The number of aliphatic hydroxyl groups is 1. The highest BCUT2D eigenvalue weighted by Gasteiger charge is 2.27. The van der Waals surface area contributed by atoms with Crippen molar-refractivity contribution in [1.82, 2.24) is 19.8 Å². The van der Waals surface area contributed by atoms with Crippen LogP contribution < -0.4 is 10.6 Å². The second kappa shape index (κ2) is 4.20. The van der Waals surface area contributed by atoms with E-state index in [-0.39, 0.29) is 11.8 Å². The van der Waals surface area contributed by atoms with Gasteiger partial charge in [-0.25, -0.2) is 4.79 Å². The average Bonchev–Trinajstić information content (AvgIpc) is 2.67. The van der Waals surface area contributed by atoms with Gasteiger partial charge in [-0.3, -0.25) is 0 Å². The summed E-state index contributed by atoms with van der Waals surface area (Å²) >= 11 is 0. The molecule has 1 saturated heterocycles. The van der Waals surface area contributed by atoms with E-state index in [1.165, 1.54) is 9.36 Å². The maximum absolute atomic E-state index is 12.0. The number of benzene rings is 1. The Kier molecular flexibility index (Phi) is 2.63. The summed E-state index contributed by atoms with van der Waals surface area (Å²) in [5.41, 5.74) is 2.34. The van der Waals surface area contributed by atoms with Gasteiger partial charge in [0.2, 0.25) is 0 Å². The fraction of sp³-hybridized carbons (Fsp3) is 0.417. The van der Waals surface area contributed by atoms with Crippen LogP contribution in [0.2, 0.25) is 0 Å². The van der Waals surface area contributed by atoms with Crippen molar-refractivity contribution >= 4 is 5.69 Å². The third-order valence-corrected chi connectivity index (χ3v) is 3.28. The van der Waals surface area contributed by atoms with Crippen molar-refractivity contribution in [2.75, 3.05) is 18.0 Å². The van der Waals surface area contributed by atoms with Gasteiger partial charge in [0.1, 0.15) is 0 Å². The third-order valence-electron chi connectivity index (χ3n) is 3.28. The molecule has 1 aromatic carbocycles. The van der Waals surface area contributed by atoms with E-state index in [0.717, 1.165) is 11.3 Å². The maximum Gasteiger partial charge on any atom is 0.368 e. The van der Waals surface area contributed by atoms with Crippen molar-refractivity contribution in [1.29, 1.82) is 0 Å². The van der Waals surface area contributed by atoms with Crippen LogP contribution in [0.25, 0.3) is 5.69 Å². The first-order valence-electron chi connectivity index (χ1n) is 6.09. The summed E-state index contributed by atoms with van der Waals surface area (Å²) in [5, 5.41) is 17.0. The van der Waals surface area contributed by atoms with E-state index in [2.05, 4.69) is 10.4 Å². The molecule has 1 aliphatic rings. The van der Waals surface area contributed by atoms with Gasteiger partial charge in [-0.2, -0.15) is 9.36 Å². The maximum atomic E-state index is 12.0. The molecule has 2 heterocycles. The molecule has 7 heteroatoms. The van der Waals surface area contributed by atoms with Crippen molar-refractivity contribution in [2.24, 2.45) is 7.05 Å². The second-order valence-corrected chi connectivity index (χ2v) is 4.85. The molecule has 3 rings (SSSR count). The molecule has 0 aliphatic carbocycles. The summed E-state index contributed by atoms with van der Waals surface area (Å²) < 4.78 is 2.48. The van der Waals surface area contributed by atoms with Gasteiger partial charge in [-0.05, 0) is 35.0 Å². The zero-order valence-corrected chi connectivity index (χ0v) is 10.8. The van der Waals surface area contributed by atoms with E-state index in [0.29, 0.717) is 18.8 Å². The number of hydrogen-bond acceptors (Lipinski definition) is 5. The van der Waals surface area contributed by atoms with Crippen LogP contribution in [-0.4, -0.2) is 44.1 Å². The van der Waals surface area contributed by atoms with Crippen LogP contribution in [0.15, 0.2) is 23.0 Å². The predicted octanol–water partition coefficient (Wildman–Crippen LogP) is -0.545. The fourth-order valence-corrected chi connectivity index (χ4v) is 2.19. The number of β-amino-alcohol motifs (C(OH)–C–C–N with tert-alkyl or cyclic N) is 1. The van der Waals surface area contributed by atoms with Crippen LogP contribution in [-0.2, 0) is 7.05 Å². The molecule has 0 unspecified atom stereocenters. The highest BCUT2D eigenvalue weighted by Crippen LogP contribution is 2.28. The highest BCUT2D eigenvalue weighted by molar-refractivity contribution is 5.65. The number of rotatable bonds is 2. The Hall–Kier alpha value is -2.15. The number of nitrogens with zero attached hydrogens (tertiary/aromatic N) is 5. The van der Waals surface area contributed by atoms with Gasteiger partial charge in [-0.1, -0.05) is 6.07 Å². The Bertz CT molecular complexity index is 669. The van der Waals surface area contributed by atoms with Crippen molar-refractivity contribution in [3.8, 4) is 5.69 Å². The van der Waals surface area contributed by atoms with Gasteiger partial charge in [0.25, 0.3) is 0 Å². The topological polar surface area (TPSA) is 76.2 Å². The Morgan fingerprint density at radius 3 is 2.58 bits per heavy atom. The molecule has 0 saturated carbocycles. The monoisotopic (exact) mass is 261 g/mol. The lowest BCUT2D eigenvalue weighted by molar-refractivity contribution is 0.142. The minimum atomic E-state index is -0.298. The van der Waals surface area contributed by atoms with Gasteiger partial charge in [0.15, 0.2) is 0 Å². The minimum absolute atomic E-state index is 0.284. The number of aromatic nitrogens is 4. The summed E-state index contributed by atoms with van der Waals surface area (Å²) in [6, 6.07) is 5.82. The molecule has 0 spiro atoms. The van der Waals surface area contributed by atoms with Crippen LogP contribution >= 0.6 is 0 Å². The Morgan fingerprint density at radius 1 is 1.26 bits per heavy atom. The number of hydrogen-bond donors (Lipinski definition) is 1. The molecule has 19 heavy (non-hydrogen) atoms.